The number of fused-ring (bicyclic) bond motifs is 1. The normalized spacial score (nSPS) is 10.8. The Morgan fingerprint density at radius 2 is 2.07 bits per heavy atom. The van der Waals surface area contributed by atoms with Crippen LogP contribution in [-0.2, 0) is 4.74 Å². The molecular formula is C18H14N6O3S. The zero-order chi connectivity index (χ0) is 19.5. The summed E-state index contributed by atoms with van der Waals surface area (Å²) in [6, 6.07) is 12.0. The van der Waals surface area contributed by atoms with Gasteiger partial charge in [0.1, 0.15) is 6.33 Å². The van der Waals surface area contributed by atoms with Crippen LogP contribution in [0.3, 0.4) is 0 Å². The Kier molecular flexibility index (Phi) is 4.77. The maximum Gasteiger partial charge on any atom is 0.338 e. The summed E-state index contributed by atoms with van der Waals surface area (Å²) < 4.78 is 7.25. The van der Waals surface area contributed by atoms with Gasteiger partial charge in [-0.05, 0) is 53.7 Å². The van der Waals surface area contributed by atoms with Gasteiger partial charge in [0.2, 0.25) is 0 Å². The molecule has 0 aliphatic carbocycles. The number of esters is 1. The lowest BCUT2D eigenvalue weighted by atomic mass is 10.2. The quantitative estimate of drug-likeness (QED) is 0.518. The molecule has 0 atom stereocenters. The number of amides is 1. The third kappa shape index (κ3) is 3.58. The molecule has 1 amide bonds. The van der Waals surface area contributed by atoms with Crippen LogP contribution < -0.4 is 5.32 Å². The molecule has 0 saturated heterocycles. The molecule has 1 N–H and O–H groups in total. The first-order valence-electron chi connectivity index (χ1n) is 8.36. The molecule has 0 aliphatic rings. The number of anilines is 1. The van der Waals surface area contributed by atoms with Crippen molar-refractivity contribution in [2.24, 2.45) is 0 Å². The number of nitrogens with one attached hydrogen (secondary N) is 1. The van der Waals surface area contributed by atoms with Gasteiger partial charge in [0.15, 0.2) is 5.13 Å². The summed E-state index contributed by atoms with van der Waals surface area (Å²) in [6.45, 7) is 2.07. The van der Waals surface area contributed by atoms with Crippen LogP contribution in [0.15, 0.2) is 48.8 Å². The van der Waals surface area contributed by atoms with Crippen LogP contribution in [0, 0.1) is 0 Å². The average Bonchev–Trinajstić information content (AvgIpc) is 3.37. The van der Waals surface area contributed by atoms with Crippen molar-refractivity contribution in [3.05, 3.63) is 59.9 Å². The van der Waals surface area contributed by atoms with Crippen molar-refractivity contribution in [1.82, 2.24) is 25.2 Å². The number of carbonyl (C=O) groups excluding carboxylic acids is 2. The van der Waals surface area contributed by atoms with Crippen molar-refractivity contribution >= 4 is 38.6 Å². The van der Waals surface area contributed by atoms with Crippen molar-refractivity contribution in [3.8, 4) is 5.69 Å². The number of rotatable bonds is 5. The van der Waals surface area contributed by atoms with Crippen LogP contribution in [-0.4, -0.2) is 43.7 Å². The van der Waals surface area contributed by atoms with E-state index in [4.69, 9.17) is 4.74 Å². The van der Waals surface area contributed by atoms with E-state index in [1.54, 1.807) is 49.4 Å². The molecule has 4 aromatic rings. The van der Waals surface area contributed by atoms with Gasteiger partial charge in [0.25, 0.3) is 5.91 Å². The topological polar surface area (TPSA) is 112 Å². The predicted molar refractivity (Wildman–Crippen MR) is 103 cm³/mol. The molecule has 4 rings (SSSR count). The van der Waals surface area contributed by atoms with E-state index in [1.165, 1.54) is 22.3 Å². The number of hydrogen-bond donors (Lipinski definition) is 1. The lowest BCUT2D eigenvalue weighted by molar-refractivity contribution is 0.0526. The second-order valence-electron chi connectivity index (χ2n) is 5.68. The van der Waals surface area contributed by atoms with Gasteiger partial charge in [-0.25, -0.2) is 14.5 Å². The van der Waals surface area contributed by atoms with Gasteiger partial charge in [-0.1, -0.05) is 17.4 Å². The molecular weight excluding hydrogens is 380 g/mol. The molecule has 9 nitrogen and oxygen atoms in total. The highest BCUT2D eigenvalue weighted by Crippen LogP contribution is 2.27. The first-order valence-corrected chi connectivity index (χ1v) is 9.18. The van der Waals surface area contributed by atoms with Crippen molar-refractivity contribution < 1.29 is 14.3 Å². The highest BCUT2D eigenvalue weighted by molar-refractivity contribution is 7.22. The number of aromatic nitrogens is 5. The number of ether oxygens (including phenoxy) is 1. The summed E-state index contributed by atoms with van der Waals surface area (Å²) in [6.07, 6.45) is 1.45. The molecule has 0 fully saturated rings. The van der Waals surface area contributed by atoms with Gasteiger partial charge in [0.05, 0.1) is 28.1 Å². The Bertz CT molecular complexity index is 1160. The number of carbonyl (C=O) groups is 2. The van der Waals surface area contributed by atoms with Crippen LogP contribution in [0.2, 0.25) is 0 Å². The highest BCUT2D eigenvalue weighted by atomic mass is 32.1. The molecule has 0 aliphatic heterocycles. The summed E-state index contributed by atoms with van der Waals surface area (Å²) in [7, 11) is 0. The smallest absolute Gasteiger partial charge is 0.338 e. The van der Waals surface area contributed by atoms with Gasteiger partial charge in [-0.2, -0.15) is 0 Å². The summed E-state index contributed by atoms with van der Waals surface area (Å²) >= 11 is 1.28. The van der Waals surface area contributed by atoms with E-state index < -0.39 is 0 Å². The van der Waals surface area contributed by atoms with E-state index in [1.807, 2.05) is 0 Å². The van der Waals surface area contributed by atoms with Crippen LogP contribution in [0.25, 0.3) is 15.9 Å². The first kappa shape index (κ1) is 17.7. The third-order valence-corrected chi connectivity index (χ3v) is 4.78. The number of hydrogen-bond acceptors (Lipinski definition) is 8. The zero-order valence-corrected chi connectivity index (χ0v) is 15.5. The third-order valence-electron chi connectivity index (χ3n) is 3.84. The Hall–Kier alpha value is -3.66. The van der Waals surface area contributed by atoms with Crippen molar-refractivity contribution in [1.29, 1.82) is 0 Å². The number of nitrogens with zero attached hydrogens (tertiary/aromatic N) is 5. The van der Waals surface area contributed by atoms with E-state index in [9.17, 15) is 9.59 Å². The number of benzene rings is 2. The molecule has 2 aromatic carbocycles. The molecule has 28 heavy (non-hydrogen) atoms. The Morgan fingerprint density at radius 1 is 1.18 bits per heavy atom. The van der Waals surface area contributed by atoms with Crippen molar-refractivity contribution in [2.75, 3.05) is 11.9 Å². The lowest BCUT2D eigenvalue weighted by Gasteiger charge is -2.04. The fraction of sp³-hybridized carbons (Fsp3) is 0.111. The van der Waals surface area contributed by atoms with Crippen LogP contribution in [0.5, 0.6) is 0 Å². The largest absolute Gasteiger partial charge is 0.462 e. The average molecular weight is 394 g/mol. The minimum absolute atomic E-state index is 0.306. The van der Waals surface area contributed by atoms with Crippen molar-refractivity contribution in [3.63, 3.8) is 0 Å². The van der Waals surface area contributed by atoms with Gasteiger partial charge in [0, 0.05) is 5.56 Å². The maximum absolute atomic E-state index is 12.6. The van der Waals surface area contributed by atoms with E-state index in [-0.39, 0.29) is 11.9 Å². The molecule has 0 unspecified atom stereocenters. The second kappa shape index (κ2) is 7.53. The summed E-state index contributed by atoms with van der Waals surface area (Å²) in [4.78, 5) is 28.9. The van der Waals surface area contributed by atoms with Gasteiger partial charge < -0.3 is 4.74 Å². The van der Waals surface area contributed by atoms with Crippen molar-refractivity contribution in [2.45, 2.75) is 6.92 Å². The van der Waals surface area contributed by atoms with Gasteiger partial charge in [-0.15, -0.1) is 5.10 Å². The minimum atomic E-state index is -0.386. The molecule has 2 aromatic heterocycles. The predicted octanol–water partition coefficient (Wildman–Crippen LogP) is 2.70. The summed E-state index contributed by atoms with van der Waals surface area (Å²) in [5.74, 6) is -0.692. The fourth-order valence-electron chi connectivity index (χ4n) is 2.56. The zero-order valence-electron chi connectivity index (χ0n) is 14.7. The maximum atomic E-state index is 12.6. The molecule has 0 radical (unpaired) electrons. The van der Waals surface area contributed by atoms with E-state index in [0.717, 1.165) is 4.70 Å². The van der Waals surface area contributed by atoms with Crippen LogP contribution in [0.4, 0.5) is 5.13 Å². The monoisotopic (exact) mass is 394 g/mol. The fourth-order valence-corrected chi connectivity index (χ4v) is 3.46. The van der Waals surface area contributed by atoms with Crippen LogP contribution >= 0.6 is 11.3 Å². The standard InChI is InChI=1S/C18H14N6O3S/c1-2-27-17(26)12-6-7-14-15(9-12)28-18(20-14)21-16(25)11-4-3-5-13(8-11)24-10-19-22-23-24/h3-10H,2H2,1H3,(H,20,21,25). The van der Waals surface area contributed by atoms with E-state index in [0.29, 0.717) is 34.1 Å². The number of tetrazole rings is 1. The highest BCUT2D eigenvalue weighted by Gasteiger charge is 2.13. The SMILES string of the molecule is CCOC(=O)c1ccc2nc(NC(=O)c3cccc(-n4cnnn4)c3)sc2c1. The lowest BCUT2D eigenvalue weighted by Crippen LogP contribution is -2.12. The molecule has 140 valence electrons. The summed E-state index contributed by atoms with van der Waals surface area (Å²) in [5, 5.41) is 14.2. The Balaban J connectivity index is 1.55. The second-order valence-corrected chi connectivity index (χ2v) is 6.71. The Labute approximate surface area is 163 Å². The molecule has 0 bridgehead atoms. The molecule has 0 saturated carbocycles. The first-order chi connectivity index (χ1) is 13.6. The minimum Gasteiger partial charge on any atom is -0.462 e. The molecule has 2 heterocycles. The molecule has 10 heteroatoms. The summed E-state index contributed by atoms with van der Waals surface area (Å²) in [5.41, 5.74) is 2.25. The molecule has 0 spiro atoms. The number of thiazole rings is 1. The Morgan fingerprint density at radius 3 is 2.86 bits per heavy atom. The van der Waals surface area contributed by atoms with E-state index >= 15 is 0 Å². The van der Waals surface area contributed by atoms with Gasteiger partial charge in [-0.3, -0.25) is 10.1 Å². The van der Waals surface area contributed by atoms with Crippen LogP contribution in [0.1, 0.15) is 27.6 Å². The van der Waals surface area contributed by atoms with E-state index in [2.05, 4.69) is 25.8 Å². The van der Waals surface area contributed by atoms with Gasteiger partial charge >= 0.3 is 5.97 Å².